The molecular formula is C15H22ClN3S. The van der Waals surface area contributed by atoms with Gasteiger partial charge >= 0.3 is 0 Å². The van der Waals surface area contributed by atoms with E-state index in [-0.39, 0.29) is 0 Å². The zero-order valence-electron chi connectivity index (χ0n) is 12.2. The van der Waals surface area contributed by atoms with Crippen molar-refractivity contribution in [1.82, 2.24) is 10.2 Å². The second kappa shape index (κ2) is 5.57. The summed E-state index contributed by atoms with van der Waals surface area (Å²) >= 11 is 7.62. The summed E-state index contributed by atoms with van der Waals surface area (Å²) < 4.78 is 0.849. The fourth-order valence-electron chi connectivity index (χ4n) is 2.97. The maximum Gasteiger partial charge on any atom is 0.193 e. The first-order chi connectivity index (χ1) is 9.63. The standard InChI is InChI=1S/C15H22ClN3S/c1-17-14(18-10-15(7-8-15)11-3-4-11)19(2)9-12-5-6-13(16)20-12/h5-6,11H,3-4,7-10H2,1-2H3,(H,17,18). The van der Waals surface area contributed by atoms with E-state index in [1.54, 1.807) is 11.3 Å². The van der Waals surface area contributed by atoms with Crippen LogP contribution in [0.3, 0.4) is 0 Å². The van der Waals surface area contributed by atoms with Crippen LogP contribution in [0.5, 0.6) is 0 Å². The quantitative estimate of drug-likeness (QED) is 0.664. The molecular weight excluding hydrogens is 290 g/mol. The topological polar surface area (TPSA) is 27.6 Å². The molecule has 0 unspecified atom stereocenters. The van der Waals surface area contributed by atoms with Crippen LogP contribution in [0.4, 0.5) is 0 Å². The Balaban J connectivity index is 1.53. The molecule has 5 heteroatoms. The first-order valence-electron chi connectivity index (χ1n) is 7.29. The van der Waals surface area contributed by atoms with Gasteiger partial charge in [-0.05, 0) is 49.1 Å². The zero-order valence-corrected chi connectivity index (χ0v) is 13.7. The van der Waals surface area contributed by atoms with Crippen molar-refractivity contribution in [2.24, 2.45) is 16.3 Å². The van der Waals surface area contributed by atoms with Gasteiger partial charge < -0.3 is 10.2 Å². The van der Waals surface area contributed by atoms with Crippen LogP contribution in [-0.2, 0) is 6.54 Å². The van der Waals surface area contributed by atoms with E-state index in [9.17, 15) is 0 Å². The highest BCUT2D eigenvalue weighted by Crippen LogP contribution is 2.60. The van der Waals surface area contributed by atoms with Crippen LogP contribution in [0.15, 0.2) is 17.1 Å². The first kappa shape index (κ1) is 14.2. The Morgan fingerprint density at radius 1 is 1.50 bits per heavy atom. The van der Waals surface area contributed by atoms with Crippen LogP contribution in [0.2, 0.25) is 4.34 Å². The molecule has 1 aromatic heterocycles. The number of halogens is 1. The van der Waals surface area contributed by atoms with Crippen LogP contribution in [-0.4, -0.2) is 31.5 Å². The Morgan fingerprint density at radius 2 is 2.25 bits per heavy atom. The molecule has 1 aromatic rings. The summed E-state index contributed by atoms with van der Waals surface area (Å²) in [7, 11) is 3.94. The van der Waals surface area contributed by atoms with Gasteiger partial charge in [0.25, 0.3) is 0 Å². The Labute approximate surface area is 130 Å². The lowest BCUT2D eigenvalue weighted by Gasteiger charge is -2.24. The molecule has 0 atom stereocenters. The predicted octanol–water partition coefficient (Wildman–Crippen LogP) is 3.60. The summed E-state index contributed by atoms with van der Waals surface area (Å²) in [4.78, 5) is 7.84. The molecule has 0 aliphatic heterocycles. The van der Waals surface area contributed by atoms with Crippen molar-refractivity contribution in [3.05, 3.63) is 21.3 Å². The number of nitrogens with zero attached hydrogens (tertiary/aromatic N) is 2. The van der Waals surface area contributed by atoms with E-state index in [4.69, 9.17) is 11.6 Å². The lowest BCUT2D eigenvalue weighted by molar-refractivity contribution is 0.410. The van der Waals surface area contributed by atoms with Crippen molar-refractivity contribution < 1.29 is 0 Å². The predicted molar refractivity (Wildman–Crippen MR) is 86.5 cm³/mol. The number of thiophene rings is 1. The van der Waals surface area contributed by atoms with Crippen molar-refractivity contribution in [3.63, 3.8) is 0 Å². The van der Waals surface area contributed by atoms with Crippen molar-refractivity contribution in [2.75, 3.05) is 20.6 Å². The third kappa shape index (κ3) is 3.12. The molecule has 2 saturated carbocycles. The molecule has 2 fully saturated rings. The van der Waals surface area contributed by atoms with Crippen LogP contribution < -0.4 is 5.32 Å². The first-order valence-corrected chi connectivity index (χ1v) is 8.48. The van der Waals surface area contributed by atoms with Crippen molar-refractivity contribution in [1.29, 1.82) is 0 Å². The minimum absolute atomic E-state index is 0.600. The summed E-state index contributed by atoms with van der Waals surface area (Å²) in [6.07, 6.45) is 5.66. The van der Waals surface area contributed by atoms with Gasteiger partial charge in [-0.2, -0.15) is 0 Å². The van der Waals surface area contributed by atoms with E-state index in [0.29, 0.717) is 5.41 Å². The Morgan fingerprint density at radius 3 is 2.75 bits per heavy atom. The molecule has 2 aliphatic carbocycles. The van der Waals surface area contributed by atoms with Gasteiger partial charge in [-0.3, -0.25) is 4.99 Å². The van der Waals surface area contributed by atoms with E-state index in [2.05, 4.69) is 28.3 Å². The lowest BCUT2D eigenvalue weighted by Crippen LogP contribution is -2.41. The Bertz CT molecular complexity index is 503. The van der Waals surface area contributed by atoms with Gasteiger partial charge in [0, 0.05) is 25.5 Å². The van der Waals surface area contributed by atoms with Gasteiger partial charge in [0.05, 0.1) is 10.9 Å². The monoisotopic (exact) mass is 311 g/mol. The van der Waals surface area contributed by atoms with Crippen LogP contribution in [0, 0.1) is 11.3 Å². The van der Waals surface area contributed by atoms with E-state index in [0.717, 1.165) is 29.3 Å². The fourth-order valence-corrected chi connectivity index (χ4v) is 4.11. The molecule has 1 heterocycles. The second-order valence-electron chi connectivity index (χ2n) is 6.10. The molecule has 0 saturated heterocycles. The van der Waals surface area contributed by atoms with E-state index >= 15 is 0 Å². The maximum atomic E-state index is 5.98. The minimum atomic E-state index is 0.600. The van der Waals surface area contributed by atoms with Crippen LogP contribution in [0.1, 0.15) is 30.6 Å². The lowest BCUT2D eigenvalue weighted by atomic mass is 10.0. The Kier molecular flexibility index (Phi) is 3.95. The van der Waals surface area contributed by atoms with Gasteiger partial charge in [-0.1, -0.05) is 11.6 Å². The molecule has 0 radical (unpaired) electrons. The summed E-state index contributed by atoms with van der Waals surface area (Å²) in [5.41, 5.74) is 0.600. The number of nitrogens with one attached hydrogen (secondary N) is 1. The van der Waals surface area contributed by atoms with Crippen molar-refractivity contribution in [2.45, 2.75) is 32.2 Å². The number of hydrogen-bond donors (Lipinski definition) is 1. The van der Waals surface area contributed by atoms with Gasteiger partial charge in [0.2, 0.25) is 0 Å². The van der Waals surface area contributed by atoms with Gasteiger partial charge in [0.1, 0.15) is 0 Å². The molecule has 0 spiro atoms. The number of rotatable bonds is 5. The summed E-state index contributed by atoms with van der Waals surface area (Å²) in [6, 6.07) is 4.04. The molecule has 1 N–H and O–H groups in total. The minimum Gasteiger partial charge on any atom is -0.356 e. The van der Waals surface area contributed by atoms with Gasteiger partial charge in [0.15, 0.2) is 5.96 Å². The molecule has 0 amide bonds. The zero-order chi connectivity index (χ0) is 14.2. The highest BCUT2D eigenvalue weighted by Gasteiger charge is 2.53. The maximum absolute atomic E-state index is 5.98. The highest BCUT2D eigenvalue weighted by atomic mass is 35.5. The number of hydrogen-bond acceptors (Lipinski definition) is 2. The molecule has 0 aromatic carbocycles. The number of guanidine groups is 1. The average Bonchev–Trinajstić information content (AvgIpc) is 3.31. The third-order valence-electron chi connectivity index (χ3n) is 4.53. The molecule has 20 heavy (non-hydrogen) atoms. The summed E-state index contributed by atoms with van der Waals surface area (Å²) in [5, 5.41) is 3.57. The van der Waals surface area contributed by atoms with Crippen LogP contribution >= 0.6 is 22.9 Å². The number of aliphatic imine (C=N–C) groups is 1. The van der Waals surface area contributed by atoms with E-state index < -0.39 is 0 Å². The molecule has 110 valence electrons. The summed E-state index contributed by atoms with van der Waals surface area (Å²) in [5.74, 6) is 1.97. The smallest absolute Gasteiger partial charge is 0.193 e. The Hall–Kier alpha value is -0.740. The van der Waals surface area contributed by atoms with E-state index in [1.807, 2.05) is 13.1 Å². The average molecular weight is 312 g/mol. The third-order valence-corrected chi connectivity index (χ3v) is 5.75. The molecule has 3 rings (SSSR count). The van der Waals surface area contributed by atoms with Crippen molar-refractivity contribution in [3.8, 4) is 0 Å². The highest BCUT2D eigenvalue weighted by molar-refractivity contribution is 7.16. The largest absolute Gasteiger partial charge is 0.356 e. The normalized spacial score (nSPS) is 20.9. The molecule has 0 bridgehead atoms. The second-order valence-corrected chi connectivity index (χ2v) is 7.90. The van der Waals surface area contributed by atoms with E-state index in [1.165, 1.54) is 30.6 Å². The van der Waals surface area contributed by atoms with Crippen molar-refractivity contribution >= 4 is 28.9 Å². The van der Waals surface area contributed by atoms with Gasteiger partial charge in [-0.15, -0.1) is 11.3 Å². The summed E-state index contributed by atoms with van der Waals surface area (Å²) in [6.45, 7) is 1.94. The molecule has 2 aliphatic rings. The molecule has 3 nitrogen and oxygen atoms in total. The van der Waals surface area contributed by atoms with Gasteiger partial charge in [-0.25, -0.2) is 0 Å². The fraction of sp³-hybridized carbons (Fsp3) is 0.667. The van der Waals surface area contributed by atoms with Crippen LogP contribution in [0.25, 0.3) is 0 Å². The SMILES string of the molecule is CN=C(NCC1(C2CC2)CC1)N(C)Cc1ccc(Cl)s1.